The molecule has 0 bridgehead atoms. The van der Waals surface area contributed by atoms with Crippen LogP contribution in [0.5, 0.6) is 0 Å². The second kappa shape index (κ2) is 5.77. The minimum Gasteiger partial charge on any atom is -0.390 e. The lowest BCUT2D eigenvalue weighted by atomic mass is 10.1. The van der Waals surface area contributed by atoms with Gasteiger partial charge in [-0.05, 0) is 26.8 Å². The van der Waals surface area contributed by atoms with Crippen LogP contribution in [-0.4, -0.2) is 34.1 Å². The smallest absolute Gasteiger partial charge is 0.152 e. The fourth-order valence-corrected chi connectivity index (χ4v) is 2.24. The number of aliphatic hydroxyl groups excluding tert-OH is 1. The van der Waals surface area contributed by atoms with E-state index in [4.69, 9.17) is 0 Å². The normalized spacial score (nSPS) is 13.6. The van der Waals surface area contributed by atoms with Crippen LogP contribution in [0.3, 0.4) is 0 Å². The van der Waals surface area contributed by atoms with E-state index < -0.39 is 6.10 Å². The number of benzene rings is 1. The quantitative estimate of drug-likeness (QED) is 0.822. The van der Waals surface area contributed by atoms with Crippen LogP contribution in [0, 0.1) is 0 Å². The van der Waals surface area contributed by atoms with E-state index in [1.807, 2.05) is 28.8 Å². The van der Waals surface area contributed by atoms with Crippen LogP contribution < -0.4 is 5.32 Å². The van der Waals surface area contributed by atoms with E-state index in [0.717, 1.165) is 17.2 Å². The van der Waals surface area contributed by atoms with Gasteiger partial charge in [-0.1, -0.05) is 18.2 Å². The summed E-state index contributed by atoms with van der Waals surface area (Å²) in [6, 6.07) is 7.74. The van der Waals surface area contributed by atoms with Gasteiger partial charge in [0.05, 0.1) is 6.10 Å². The molecule has 0 amide bonds. The number of fused-ring (bicyclic) bond motifs is 1. The number of nitrogens with zero attached hydrogens (tertiary/aromatic N) is 1. The van der Waals surface area contributed by atoms with Crippen LogP contribution in [0.25, 0.3) is 10.9 Å². The second-order valence-corrected chi connectivity index (χ2v) is 6.16. The fourth-order valence-electron chi connectivity index (χ4n) is 2.24. The molecular formula is C16H22N2O2. The first-order chi connectivity index (χ1) is 9.40. The van der Waals surface area contributed by atoms with Crippen LogP contribution in [0.4, 0.5) is 0 Å². The van der Waals surface area contributed by atoms with Gasteiger partial charge in [0.15, 0.2) is 6.29 Å². The first kappa shape index (κ1) is 14.8. The summed E-state index contributed by atoms with van der Waals surface area (Å²) in [6.45, 7) is 7.18. The highest BCUT2D eigenvalue weighted by Crippen LogP contribution is 2.20. The number of aromatic nitrogens is 1. The van der Waals surface area contributed by atoms with E-state index in [1.165, 1.54) is 0 Å². The molecule has 0 saturated carbocycles. The Morgan fingerprint density at radius 2 is 2.05 bits per heavy atom. The van der Waals surface area contributed by atoms with Crippen LogP contribution in [0.1, 0.15) is 31.1 Å². The fraction of sp³-hybridized carbons (Fsp3) is 0.438. The van der Waals surface area contributed by atoms with Crippen molar-refractivity contribution in [1.82, 2.24) is 9.88 Å². The van der Waals surface area contributed by atoms with Gasteiger partial charge < -0.3 is 15.0 Å². The molecule has 1 aromatic carbocycles. The molecule has 0 aliphatic rings. The highest BCUT2D eigenvalue weighted by atomic mass is 16.3. The number of β-amino-alcohol motifs (C(OH)–C–C–N with tert-alkyl or cyclic N) is 1. The molecule has 0 aliphatic carbocycles. The molecule has 0 saturated heterocycles. The van der Waals surface area contributed by atoms with Gasteiger partial charge >= 0.3 is 0 Å². The third kappa shape index (κ3) is 3.46. The van der Waals surface area contributed by atoms with Crippen molar-refractivity contribution in [1.29, 1.82) is 0 Å². The number of para-hydroxylation sites is 1. The highest BCUT2D eigenvalue weighted by Gasteiger charge is 2.14. The molecule has 0 radical (unpaired) electrons. The highest BCUT2D eigenvalue weighted by molar-refractivity contribution is 5.97. The van der Waals surface area contributed by atoms with Gasteiger partial charge in [-0.15, -0.1) is 0 Å². The molecule has 20 heavy (non-hydrogen) atoms. The largest absolute Gasteiger partial charge is 0.390 e. The van der Waals surface area contributed by atoms with Crippen molar-refractivity contribution in [3.63, 3.8) is 0 Å². The van der Waals surface area contributed by atoms with E-state index in [1.54, 1.807) is 6.20 Å². The summed E-state index contributed by atoms with van der Waals surface area (Å²) >= 11 is 0. The van der Waals surface area contributed by atoms with Crippen molar-refractivity contribution in [2.75, 3.05) is 6.54 Å². The maximum Gasteiger partial charge on any atom is 0.152 e. The lowest BCUT2D eigenvalue weighted by molar-refractivity contribution is 0.112. The van der Waals surface area contributed by atoms with Gasteiger partial charge in [0, 0.05) is 41.3 Å². The Balaban J connectivity index is 2.15. The standard InChI is InChI=1S/C16H22N2O2/c1-16(2,3)17-8-13(20)10-18-9-12(11-19)14-6-4-5-7-15(14)18/h4-7,9,11,13,17,20H,8,10H2,1-3H3/t13-/m1/s1. The molecule has 0 unspecified atom stereocenters. The molecular weight excluding hydrogens is 252 g/mol. The molecule has 2 rings (SSSR count). The topological polar surface area (TPSA) is 54.3 Å². The Bertz CT molecular complexity index is 596. The van der Waals surface area contributed by atoms with Crippen molar-refractivity contribution < 1.29 is 9.90 Å². The maximum absolute atomic E-state index is 11.1. The number of hydrogen-bond donors (Lipinski definition) is 2. The number of nitrogens with one attached hydrogen (secondary N) is 1. The van der Waals surface area contributed by atoms with Crippen molar-refractivity contribution >= 4 is 17.2 Å². The van der Waals surface area contributed by atoms with Crippen molar-refractivity contribution in [2.24, 2.45) is 0 Å². The minimum atomic E-state index is -0.496. The van der Waals surface area contributed by atoms with Crippen LogP contribution in [-0.2, 0) is 6.54 Å². The lowest BCUT2D eigenvalue weighted by Crippen LogP contribution is -2.41. The first-order valence-corrected chi connectivity index (χ1v) is 6.87. The molecule has 108 valence electrons. The summed E-state index contributed by atoms with van der Waals surface area (Å²) in [5, 5.41) is 14.3. The number of aldehydes is 1. The Morgan fingerprint density at radius 1 is 1.35 bits per heavy atom. The first-order valence-electron chi connectivity index (χ1n) is 6.87. The zero-order chi connectivity index (χ0) is 14.8. The monoisotopic (exact) mass is 274 g/mol. The summed E-state index contributed by atoms with van der Waals surface area (Å²) in [5.41, 5.74) is 1.62. The Morgan fingerprint density at radius 3 is 2.70 bits per heavy atom. The third-order valence-electron chi connectivity index (χ3n) is 3.22. The molecule has 1 atom stereocenters. The van der Waals surface area contributed by atoms with E-state index in [9.17, 15) is 9.90 Å². The number of rotatable bonds is 5. The molecule has 1 heterocycles. The predicted molar refractivity (Wildman–Crippen MR) is 81.1 cm³/mol. The number of aliphatic hydroxyl groups is 1. The Labute approximate surface area is 119 Å². The van der Waals surface area contributed by atoms with Crippen molar-refractivity contribution in [3.8, 4) is 0 Å². The van der Waals surface area contributed by atoms with Gasteiger partial charge in [0.2, 0.25) is 0 Å². The summed E-state index contributed by atoms with van der Waals surface area (Å²) in [7, 11) is 0. The maximum atomic E-state index is 11.1. The summed E-state index contributed by atoms with van der Waals surface area (Å²) in [6.07, 6.45) is 2.17. The predicted octanol–water partition coefficient (Wildman–Crippen LogP) is 2.20. The summed E-state index contributed by atoms with van der Waals surface area (Å²) < 4.78 is 1.94. The summed E-state index contributed by atoms with van der Waals surface area (Å²) in [4.78, 5) is 11.1. The Kier molecular flexibility index (Phi) is 4.26. The zero-order valence-corrected chi connectivity index (χ0v) is 12.3. The van der Waals surface area contributed by atoms with Crippen LogP contribution in [0.2, 0.25) is 0 Å². The SMILES string of the molecule is CC(C)(C)NC[C@@H](O)Cn1cc(C=O)c2ccccc21. The van der Waals surface area contributed by atoms with Crippen molar-refractivity contribution in [2.45, 2.75) is 39.0 Å². The van der Waals surface area contributed by atoms with E-state index in [2.05, 4.69) is 26.1 Å². The number of carbonyl (C=O) groups is 1. The third-order valence-corrected chi connectivity index (χ3v) is 3.22. The second-order valence-electron chi connectivity index (χ2n) is 6.16. The Hall–Kier alpha value is -1.65. The summed E-state index contributed by atoms with van der Waals surface area (Å²) in [5.74, 6) is 0. The molecule has 0 fully saturated rings. The van der Waals surface area contributed by atoms with Crippen molar-refractivity contribution in [3.05, 3.63) is 36.0 Å². The molecule has 0 spiro atoms. The van der Waals surface area contributed by atoms with E-state index in [0.29, 0.717) is 18.7 Å². The average Bonchev–Trinajstić information content (AvgIpc) is 2.74. The van der Waals surface area contributed by atoms with E-state index in [-0.39, 0.29) is 5.54 Å². The lowest BCUT2D eigenvalue weighted by Gasteiger charge is -2.23. The van der Waals surface area contributed by atoms with Gasteiger partial charge in [0.1, 0.15) is 0 Å². The molecule has 2 aromatic rings. The van der Waals surface area contributed by atoms with Gasteiger partial charge in [0.25, 0.3) is 0 Å². The minimum absolute atomic E-state index is 0.0201. The number of hydrogen-bond acceptors (Lipinski definition) is 3. The number of carbonyl (C=O) groups excluding carboxylic acids is 1. The molecule has 1 aromatic heterocycles. The molecule has 0 aliphatic heterocycles. The molecule has 4 heteroatoms. The van der Waals surface area contributed by atoms with Crippen LogP contribution in [0.15, 0.2) is 30.5 Å². The zero-order valence-electron chi connectivity index (χ0n) is 12.3. The van der Waals surface area contributed by atoms with E-state index >= 15 is 0 Å². The molecule has 4 nitrogen and oxygen atoms in total. The van der Waals surface area contributed by atoms with Gasteiger partial charge in [-0.25, -0.2) is 0 Å². The van der Waals surface area contributed by atoms with Gasteiger partial charge in [-0.3, -0.25) is 4.79 Å². The molecule has 2 N–H and O–H groups in total. The van der Waals surface area contributed by atoms with Crippen LogP contribution >= 0.6 is 0 Å². The van der Waals surface area contributed by atoms with Gasteiger partial charge in [-0.2, -0.15) is 0 Å². The average molecular weight is 274 g/mol.